The summed E-state index contributed by atoms with van der Waals surface area (Å²) in [7, 11) is 0. The van der Waals surface area contributed by atoms with Crippen LogP contribution in [0.2, 0.25) is 5.02 Å². The third-order valence-corrected chi connectivity index (χ3v) is 8.28. The second kappa shape index (κ2) is 9.89. The molecule has 1 saturated heterocycles. The minimum Gasteiger partial charge on any atom is -0.481 e. The number of halogens is 1. The van der Waals surface area contributed by atoms with Gasteiger partial charge in [-0.1, -0.05) is 66.2 Å². The van der Waals surface area contributed by atoms with Crippen LogP contribution in [-0.4, -0.2) is 46.0 Å². The number of carboxylic acid groups (broad SMARTS) is 1. The summed E-state index contributed by atoms with van der Waals surface area (Å²) in [5.41, 5.74) is 3.92. The average molecular weight is 530 g/mol. The van der Waals surface area contributed by atoms with Crippen molar-refractivity contribution in [1.82, 2.24) is 15.1 Å². The molecule has 1 aliphatic heterocycles. The smallest absolute Gasteiger partial charge is 0.306 e. The van der Waals surface area contributed by atoms with Crippen LogP contribution in [0.4, 0.5) is 0 Å². The van der Waals surface area contributed by atoms with E-state index in [1.54, 1.807) is 18.3 Å². The van der Waals surface area contributed by atoms with Gasteiger partial charge in [-0.3, -0.25) is 9.59 Å². The number of carboxylic acids is 1. The largest absolute Gasteiger partial charge is 0.481 e. The molecule has 2 aliphatic rings. The van der Waals surface area contributed by atoms with Crippen LogP contribution in [-0.2, 0) is 15.1 Å². The number of nitrogens with one attached hydrogen (secondary N) is 1. The number of benzene rings is 3. The quantitative estimate of drug-likeness (QED) is 0.344. The van der Waals surface area contributed by atoms with Gasteiger partial charge in [0.2, 0.25) is 0 Å². The second-order valence-electron chi connectivity index (χ2n) is 10.2. The third-order valence-electron chi connectivity index (χ3n) is 7.95. The Hall–Kier alpha value is -3.68. The predicted octanol–water partition coefficient (Wildman–Crippen LogP) is 5.50. The Morgan fingerprint density at radius 3 is 2.26 bits per heavy atom. The van der Waals surface area contributed by atoms with Gasteiger partial charge in [-0.25, -0.2) is 4.68 Å². The van der Waals surface area contributed by atoms with Crippen LogP contribution >= 0.6 is 11.6 Å². The summed E-state index contributed by atoms with van der Waals surface area (Å²) in [4.78, 5) is 24.8. The lowest BCUT2D eigenvalue weighted by Gasteiger charge is -2.42. The van der Waals surface area contributed by atoms with E-state index < -0.39 is 11.5 Å². The summed E-state index contributed by atoms with van der Waals surface area (Å²) in [6.45, 7) is 0.864. The molecule has 6 rings (SSSR count). The first-order chi connectivity index (χ1) is 18.5. The van der Waals surface area contributed by atoms with Crippen molar-refractivity contribution in [3.63, 3.8) is 0 Å². The standard InChI is InChI=1S/C30H28ClN3O4/c31-26-15-14-24(28(35)33-23-12-8-21(9-13-23)29(36)37)27-25(26)16-32-34(27)30(17-38-18-30)22-10-6-20(7-11-22)19-4-2-1-3-5-19/h1-7,10-11,14-16,21,23H,8-9,12-13,17-18H2,(H,33,35)(H,36,37). The Labute approximate surface area is 225 Å². The fourth-order valence-electron chi connectivity index (χ4n) is 5.67. The molecule has 1 aromatic heterocycles. The predicted molar refractivity (Wildman–Crippen MR) is 145 cm³/mol. The number of nitrogens with zero attached hydrogens (tertiary/aromatic N) is 2. The normalized spacial score (nSPS) is 20.6. The van der Waals surface area contributed by atoms with Gasteiger partial charge in [0.25, 0.3) is 5.91 Å². The summed E-state index contributed by atoms with van der Waals surface area (Å²) in [6, 6.07) is 22.0. The number of carbonyl (C=O) groups excluding carboxylic acids is 1. The molecule has 1 amide bonds. The average Bonchev–Trinajstić information content (AvgIpc) is 3.36. The molecule has 0 bridgehead atoms. The zero-order valence-electron chi connectivity index (χ0n) is 20.8. The molecule has 1 saturated carbocycles. The van der Waals surface area contributed by atoms with E-state index in [2.05, 4.69) is 41.7 Å². The minimum atomic E-state index is -0.761. The van der Waals surface area contributed by atoms with Crippen LogP contribution in [0.5, 0.6) is 0 Å². The van der Waals surface area contributed by atoms with Crippen LogP contribution in [0, 0.1) is 5.92 Å². The SMILES string of the molecule is O=C(NC1CCC(C(=O)O)CC1)c1ccc(Cl)c2cnn(C3(c4ccc(-c5ccccc5)cc4)COC3)c12. The second-order valence-corrected chi connectivity index (χ2v) is 10.6. The molecule has 0 spiro atoms. The summed E-state index contributed by atoms with van der Waals surface area (Å²) >= 11 is 6.56. The first-order valence-corrected chi connectivity index (χ1v) is 13.3. The van der Waals surface area contributed by atoms with Crippen molar-refractivity contribution < 1.29 is 19.4 Å². The summed E-state index contributed by atoms with van der Waals surface area (Å²) in [5, 5.41) is 18.4. The Morgan fingerprint density at radius 1 is 0.947 bits per heavy atom. The molecular formula is C30H28ClN3O4. The number of carbonyl (C=O) groups is 2. The molecule has 8 heteroatoms. The number of fused-ring (bicyclic) bond motifs is 1. The fourth-order valence-corrected chi connectivity index (χ4v) is 5.87. The van der Waals surface area contributed by atoms with E-state index >= 15 is 0 Å². The van der Waals surface area contributed by atoms with Gasteiger partial charge in [-0.2, -0.15) is 5.10 Å². The van der Waals surface area contributed by atoms with Gasteiger partial charge < -0.3 is 15.2 Å². The minimum absolute atomic E-state index is 0.0632. The Morgan fingerprint density at radius 2 is 1.63 bits per heavy atom. The zero-order valence-corrected chi connectivity index (χ0v) is 21.5. The fraction of sp³-hybridized carbons (Fsp3) is 0.300. The molecule has 7 nitrogen and oxygen atoms in total. The van der Waals surface area contributed by atoms with E-state index in [1.165, 1.54) is 0 Å². The molecule has 2 fully saturated rings. The van der Waals surface area contributed by atoms with E-state index in [0.29, 0.717) is 60.4 Å². The third kappa shape index (κ3) is 4.25. The van der Waals surface area contributed by atoms with Gasteiger partial charge in [-0.05, 0) is 54.5 Å². The van der Waals surface area contributed by atoms with E-state index in [0.717, 1.165) is 16.7 Å². The molecule has 38 heavy (non-hydrogen) atoms. The van der Waals surface area contributed by atoms with Crippen LogP contribution in [0.15, 0.2) is 72.9 Å². The first kappa shape index (κ1) is 24.6. The van der Waals surface area contributed by atoms with Gasteiger partial charge in [-0.15, -0.1) is 0 Å². The maximum absolute atomic E-state index is 13.5. The molecular weight excluding hydrogens is 502 g/mol. The number of aliphatic carboxylic acids is 1. The van der Waals surface area contributed by atoms with Crippen molar-refractivity contribution in [2.45, 2.75) is 37.3 Å². The maximum atomic E-state index is 13.5. The molecule has 4 aromatic rings. The zero-order chi connectivity index (χ0) is 26.3. The van der Waals surface area contributed by atoms with E-state index in [-0.39, 0.29) is 17.9 Å². The van der Waals surface area contributed by atoms with Crippen molar-refractivity contribution in [3.05, 3.63) is 89.1 Å². The van der Waals surface area contributed by atoms with Crippen LogP contribution in [0.25, 0.3) is 22.0 Å². The van der Waals surface area contributed by atoms with E-state index in [1.807, 2.05) is 22.9 Å². The summed E-state index contributed by atoms with van der Waals surface area (Å²) < 4.78 is 7.61. The van der Waals surface area contributed by atoms with Crippen LogP contribution in [0.3, 0.4) is 0 Å². The number of aromatic nitrogens is 2. The molecule has 2 heterocycles. The monoisotopic (exact) mass is 529 g/mol. The number of amides is 1. The van der Waals surface area contributed by atoms with Gasteiger partial charge in [0.1, 0.15) is 5.54 Å². The van der Waals surface area contributed by atoms with Crippen molar-refractivity contribution in [1.29, 1.82) is 0 Å². The lowest BCUT2D eigenvalue weighted by Crippen LogP contribution is -2.53. The van der Waals surface area contributed by atoms with Crippen molar-refractivity contribution in [2.24, 2.45) is 5.92 Å². The lowest BCUT2D eigenvalue weighted by molar-refractivity contribution is -0.142. The Balaban J connectivity index is 1.34. The van der Waals surface area contributed by atoms with E-state index in [4.69, 9.17) is 21.4 Å². The molecule has 194 valence electrons. The number of ether oxygens (including phenoxy) is 1. The highest BCUT2D eigenvalue weighted by atomic mass is 35.5. The van der Waals surface area contributed by atoms with Crippen molar-refractivity contribution in [3.8, 4) is 11.1 Å². The van der Waals surface area contributed by atoms with Crippen LogP contribution < -0.4 is 5.32 Å². The van der Waals surface area contributed by atoms with Crippen molar-refractivity contribution in [2.75, 3.05) is 13.2 Å². The molecule has 2 N–H and O–H groups in total. The topological polar surface area (TPSA) is 93.5 Å². The molecule has 0 unspecified atom stereocenters. The molecule has 0 radical (unpaired) electrons. The first-order valence-electron chi connectivity index (χ1n) is 12.9. The highest BCUT2D eigenvalue weighted by Crippen LogP contribution is 2.39. The summed E-state index contributed by atoms with van der Waals surface area (Å²) in [5.74, 6) is -1.30. The number of hydrogen-bond donors (Lipinski definition) is 2. The van der Waals surface area contributed by atoms with Gasteiger partial charge in [0.05, 0.1) is 41.4 Å². The van der Waals surface area contributed by atoms with E-state index in [9.17, 15) is 14.7 Å². The Bertz CT molecular complexity index is 1490. The number of hydrogen-bond acceptors (Lipinski definition) is 4. The highest BCUT2D eigenvalue weighted by Gasteiger charge is 2.45. The van der Waals surface area contributed by atoms with Crippen molar-refractivity contribution >= 4 is 34.4 Å². The van der Waals surface area contributed by atoms with Gasteiger partial charge in [0, 0.05) is 11.4 Å². The number of rotatable bonds is 6. The van der Waals surface area contributed by atoms with Crippen LogP contribution in [0.1, 0.15) is 41.6 Å². The molecule has 0 atom stereocenters. The summed E-state index contributed by atoms with van der Waals surface area (Å²) in [6.07, 6.45) is 4.13. The molecule has 1 aliphatic carbocycles. The van der Waals surface area contributed by atoms with Gasteiger partial charge >= 0.3 is 5.97 Å². The maximum Gasteiger partial charge on any atom is 0.306 e. The van der Waals surface area contributed by atoms with Gasteiger partial charge in [0.15, 0.2) is 0 Å². The highest BCUT2D eigenvalue weighted by molar-refractivity contribution is 6.36. The Kier molecular flexibility index (Phi) is 6.41. The molecule has 3 aromatic carbocycles. The lowest BCUT2D eigenvalue weighted by atomic mass is 9.86.